The quantitative estimate of drug-likeness (QED) is 0.261. The van der Waals surface area contributed by atoms with Crippen molar-refractivity contribution >= 4 is 33.5 Å². The maximum absolute atomic E-state index is 16.1. The van der Waals surface area contributed by atoms with Crippen LogP contribution in [-0.4, -0.2) is 41.0 Å². The first kappa shape index (κ1) is 23.2. The number of carbonyl (C=O) groups is 1. The van der Waals surface area contributed by atoms with Crippen molar-refractivity contribution in [3.05, 3.63) is 73.2 Å². The Kier molecular flexibility index (Phi) is 5.58. The van der Waals surface area contributed by atoms with E-state index in [4.69, 9.17) is 4.98 Å². The average molecular weight is 519 g/mol. The van der Waals surface area contributed by atoms with Gasteiger partial charge in [0.05, 0.1) is 34.0 Å². The van der Waals surface area contributed by atoms with Crippen molar-refractivity contribution in [3.63, 3.8) is 0 Å². The highest BCUT2D eigenvalue weighted by atomic mass is 19.1. The number of hydrogen-bond donors (Lipinski definition) is 3. The Balaban J connectivity index is 1.28. The lowest BCUT2D eigenvalue weighted by Gasteiger charge is -2.11. The van der Waals surface area contributed by atoms with Gasteiger partial charge in [0.25, 0.3) is 0 Å². The molecule has 0 aliphatic heterocycles. The first-order valence-electron chi connectivity index (χ1n) is 12.8. The van der Waals surface area contributed by atoms with E-state index in [1.165, 1.54) is 0 Å². The Bertz CT molecular complexity index is 1840. The maximum atomic E-state index is 16.1. The Labute approximate surface area is 222 Å². The van der Waals surface area contributed by atoms with Gasteiger partial charge in [-0.3, -0.25) is 24.8 Å². The van der Waals surface area contributed by atoms with Crippen LogP contribution in [0.2, 0.25) is 0 Å². The van der Waals surface area contributed by atoms with E-state index in [1.54, 1.807) is 49.2 Å². The number of carbonyl (C=O) groups excluding carboxylic acids is 1. The lowest BCUT2D eigenvalue weighted by molar-refractivity contribution is -0.119. The molecule has 5 aromatic heterocycles. The summed E-state index contributed by atoms with van der Waals surface area (Å²) in [5.41, 5.74) is 5.34. The second-order valence-corrected chi connectivity index (χ2v) is 9.73. The van der Waals surface area contributed by atoms with Gasteiger partial charge in [0.15, 0.2) is 5.82 Å². The van der Waals surface area contributed by atoms with Crippen molar-refractivity contribution in [2.24, 2.45) is 5.92 Å². The number of rotatable bonds is 5. The molecule has 5 heterocycles. The number of nitrogens with zero attached hydrogens (tertiary/aromatic N) is 5. The van der Waals surface area contributed by atoms with Crippen molar-refractivity contribution in [1.82, 2.24) is 35.1 Å². The monoisotopic (exact) mass is 518 g/mol. The molecule has 9 nitrogen and oxygen atoms in total. The fourth-order valence-electron chi connectivity index (χ4n) is 5.32. The van der Waals surface area contributed by atoms with Gasteiger partial charge in [-0.15, -0.1) is 0 Å². The Hall–Kier alpha value is -4.99. The molecular formula is C29H23FN8O. The van der Waals surface area contributed by atoms with Crippen LogP contribution < -0.4 is 5.32 Å². The van der Waals surface area contributed by atoms with Crippen LogP contribution in [0, 0.1) is 11.7 Å². The molecule has 1 amide bonds. The minimum Gasteiger partial charge on any atom is -0.336 e. The summed E-state index contributed by atoms with van der Waals surface area (Å²) in [5, 5.41) is 10.6. The number of halogens is 1. The van der Waals surface area contributed by atoms with E-state index in [2.05, 4.69) is 35.5 Å². The van der Waals surface area contributed by atoms with Gasteiger partial charge in [0.2, 0.25) is 5.91 Å². The lowest BCUT2D eigenvalue weighted by atomic mass is 10.0. The van der Waals surface area contributed by atoms with Crippen molar-refractivity contribution in [2.75, 3.05) is 5.32 Å². The molecule has 1 aliphatic carbocycles. The highest BCUT2D eigenvalue weighted by molar-refractivity contribution is 5.98. The number of nitrogens with one attached hydrogen (secondary N) is 3. The van der Waals surface area contributed by atoms with Crippen molar-refractivity contribution < 1.29 is 9.18 Å². The second-order valence-electron chi connectivity index (χ2n) is 9.73. The number of fused-ring (bicyclic) bond motifs is 2. The normalized spacial score (nSPS) is 13.9. The molecule has 7 rings (SSSR count). The molecule has 39 heavy (non-hydrogen) atoms. The number of imidazole rings is 1. The molecule has 192 valence electrons. The van der Waals surface area contributed by atoms with Crippen molar-refractivity contribution in [1.29, 1.82) is 0 Å². The van der Waals surface area contributed by atoms with E-state index >= 15 is 4.39 Å². The molecule has 1 aliphatic rings. The summed E-state index contributed by atoms with van der Waals surface area (Å²) in [4.78, 5) is 33.5. The fraction of sp³-hybridized carbons (Fsp3) is 0.172. The van der Waals surface area contributed by atoms with Crippen LogP contribution in [0.4, 0.5) is 10.1 Å². The standard InChI is InChI=1S/C29H23FN8O/c30-24-20(18-13-19(15-32-14-18)34-29(39)17-3-1-2-4-17)5-6-21-23(24)27(38-37-21)28-35-22-9-12-33-25(26(22)36-28)16-7-10-31-11-8-16/h5-15,17H,1-4H2,(H,34,39)(H,35,36)(H,37,38). The highest BCUT2D eigenvalue weighted by Gasteiger charge is 2.24. The Morgan fingerprint density at radius 2 is 1.77 bits per heavy atom. The number of aromatic amines is 2. The summed E-state index contributed by atoms with van der Waals surface area (Å²) < 4.78 is 16.1. The zero-order valence-corrected chi connectivity index (χ0v) is 20.8. The van der Waals surface area contributed by atoms with Crippen LogP contribution in [0.1, 0.15) is 25.7 Å². The molecule has 1 aromatic carbocycles. The Morgan fingerprint density at radius 1 is 0.923 bits per heavy atom. The molecule has 10 heteroatoms. The largest absolute Gasteiger partial charge is 0.336 e. The first-order valence-corrected chi connectivity index (χ1v) is 12.8. The zero-order valence-electron chi connectivity index (χ0n) is 20.8. The van der Waals surface area contributed by atoms with E-state index in [1.807, 2.05) is 18.2 Å². The number of benzene rings is 1. The molecule has 0 atom stereocenters. The van der Waals surface area contributed by atoms with E-state index in [-0.39, 0.29) is 11.8 Å². The van der Waals surface area contributed by atoms with Gasteiger partial charge in [-0.1, -0.05) is 12.8 Å². The minimum absolute atomic E-state index is 0.00925. The molecule has 0 saturated heterocycles. The zero-order chi connectivity index (χ0) is 26.3. The summed E-state index contributed by atoms with van der Waals surface area (Å²) in [6.45, 7) is 0. The van der Waals surface area contributed by atoms with Crippen molar-refractivity contribution in [3.8, 4) is 33.9 Å². The molecule has 0 radical (unpaired) electrons. The molecule has 6 aromatic rings. The van der Waals surface area contributed by atoms with Gasteiger partial charge in [-0.2, -0.15) is 5.10 Å². The third-order valence-electron chi connectivity index (χ3n) is 7.29. The van der Waals surface area contributed by atoms with Gasteiger partial charge in [0, 0.05) is 47.4 Å². The predicted octanol–water partition coefficient (Wildman–Crippen LogP) is 5.89. The third kappa shape index (κ3) is 4.10. The topological polar surface area (TPSA) is 125 Å². The summed E-state index contributed by atoms with van der Waals surface area (Å²) in [7, 11) is 0. The number of pyridine rings is 3. The summed E-state index contributed by atoms with van der Waals surface area (Å²) in [5.74, 6) is -0.0186. The van der Waals surface area contributed by atoms with E-state index in [0.717, 1.165) is 36.8 Å². The van der Waals surface area contributed by atoms with E-state index in [9.17, 15) is 4.79 Å². The van der Waals surface area contributed by atoms with Crippen LogP contribution in [0.5, 0.6) is 0 Å². The molecular weight excluding hydrogens is 495 g/mol. The molecule has 0 unspecified atom stereocenters. The van der Waals surface area contributed by atoms with Gasteiger partial charge in [0.1, 0.15) is 17.0 Å². The van der Waals surface area contributed by atoms with Crippen LogP contribution >= 0.6 is 0 Å². The third-order valence-corrected chi connectivity index (χ3v) is 7.29. The molecule has 0 spiro atoms. The molecule has 1 saturated carbocycles. The van der Waals surface area contributed by atoms with Crippen molar-refractivity contribution in [2.45, 2.75) is 25.7 Å². The molecule has 0 bridgehead atoms. The van der Waals surface area contributed by atoms with Gasteiger partial charge in [-0.25, -0.2) is 9.37 Å². The lowest BCUT2D eigenvalue weighted by Crippen LogP contribution is -2.20. The van der Waals surface area contributed by atoms with Crippen LogP contribution in [0.15, 0.2) is 67.4 Å². The summed E-state index contributed by atoms with van der Waals surface area (Å²) >= 11 is 0. The van der Waals surface area contributed by atoms with Gasteiger partial charge < -0.3 is 10.3 Å². The van der Waals surface area contributed by atoms with E-state index < -0.39 is 5.82 Å². The maximum Gasteiger partial charge on any atom is 0.227 e. The number of H-pyrrole nitrogens is 2. The average Bonchev–Trinajstić information content (AvgIpc) is 3.73. The molecule has 3 N–H and O–H groups in total. The van der Waals surface area contributed by atoms with E-state index in [0.29, 0.717) is 50.4 Å². The second kappa shape index (κ2) is 9.39. The summed E-state index contributed by atoms with van der Waals surface area (Å²) in [6, 6.07) is 10.8. The fourth-order valence-corrected chi connectivity index (χ4v) is 5.32. The predicted molar refractivity (Wildman–Crippen MR) is 146 cm³/mol. The number of anilines is 1. The summed E-state index contributed by atoms with van der Waals surface area (Å²) in [6.07, 6.45) is 12.2. The van der Waals surface area contributed by atoms with Crippen LogP contribution in [0.25, 0.3) is 55.8 Å². The number of amides is 1. The SMILES string of the molecule is O=C(Nc1cncc(-c2ccc3[nH]nc(-c4nc5c(-c6ccncc6)nccc5[nH]4)c3c2F)c1)C1CCCC1. The van der Waals surface area contributed by atoms with Gasteiger partial charge >= 0.3 is 0 Å². The smallest absolute Gasteiger partial charge is 0.227 e. The van der Waals surface area contributed by atoms with Gasteiger partial charge in [-0.05, 0) is 49.2 Å². The number of hydrogen-bond acceptors (Lipinski definition) is 6. The van der Waals surface area contributed by atoms with Crippen LogP contribution in [0.3, 0.4) is 0 Å². The number of aromatic nitrogens is 7. The minimum atomic E-state index is -0.453. The first-order chi connectivity index (χ1) is 19.2. The van der Waals surface area contributed by atoms with Crippen LogP contribution in [-0.2, 0) is 4.79 Å². The molecule has 1 fully saturated rings. The highest BCUT2D eigenvalue weighted by Crippen LogP contribution is 2.35. The Morgan fingerprint density at radius 3 is 2.62 bits per heavy atom.